The maximum atomic E-state index is 13.4. The van der Waals surface area contributed by atoms with Crippen LogP contribution in [0, 0.1) is 5.92 Å². The highest BCUT2D eigenvalue weighted by atomic mass is 35.5. The zero-order valence-corrected chi connectivity index (χ0v) is 21.3. The molecule has 0 bridgehead atoms. The van der Waals surface area contributed by atoms with Gasteiger partial charge in [0.25, 0.3) is 0 Å². The van der Waals surface area contributed by atoms with Crippen LogP contribution in [-0.4, -0.2) is 61.4 Å². The highest BCUT2D eigenvalue weighted by molar-refractivity contribution is 6.33. The maximum absolute atomic E-state index is 13.4. The third-order valence-electron chi connectivity index (χ3n) is 7.01. The molecule has 3 aliphatic rings. The molecular formula is C26H27ClF3N3O5. The Morgan fingerprint density at radius 3 is 2.37 bits per heavy atom. The van der Waals surface area contributed by atoms with Crippen molar-refractivity contribution in [3.63, 3.8) is 0 Å². The Labute approximate surface area is 222 Å². The molecule has 3 heterocycles. The minimum Gasteiger partial charge on any atom is -0.490 e. The lowest BCUT2D eigenvalue weighted by molar-refractivity contribution is -0.137. The topological polar surface area (TPSA) is 83.8 Å². The van der Waals surface area contributed by atoms with Crippen molar-refractivity contribution in [2.45, 2.75) is 44.5 Å². The molecule has 1 saturated heterocycles. The van der Waals surface area contributed by atoms with Crippen LogP contribution in [0.5, 0.6) is 17.2 Å². The number of carboxylic acid groups (broad SMARTS) is 1. The Bertz CT molecular complexity index is 1220. The van der Waals surface area contributed by atoms with Crippen LogP contribution in [0.15, 0.2) is 41.5 Å². The fourth-order valence-corrected chi connectivity index (χ4v) is 5.33. The molecule has 5 rings (SSSR count). The number of rotatable bonds is 6. The van der Waals surface area contributed by atoms with Crippen LogP contribution < -0.4 is 24.1 Å². The number of benzene rings is 2. The predicted octanol–water partition coefficient (Wildman–Crippen LogP) is 5.38. The molecule has 3 aliphatic heterocycles. The lowest BCUT2D eigenvalue weighted by Gasteiger charge is -2.35. The van der Waals surface area contributed by atoms with Gasteiger partial charge in [-0.05, 0) is 24.3 Å². The fourth-order valence-electron chi connectivity index (χ4n) is 5.06. The Kier molecular flexibility index (Phi) is 7.21. The Hall–Kier alpha value is -3.34. The van der Waals surface area contributed by atoms with Gasteiger partial charge in [-0.1, -0.05) is 18.5 Å². The number of aliphatic carboxylic acids is 1. The van der Waals surface area contributed by atoms with Crippen molar-refractivity contribution >= 4 is 34.7 Å². The average molecular weight is 554 g/mol. The molecule has 0 amide bonds. The summed E-state index contributed by atoms with van der Waals surface area (Å²) in [5.74, 6) is -0.362. The van der Waals surface area contributed by atoms with Crippen molar-refractivity contribution in [3.05, 3.63) is 41.4 Å². The number of hydrogen-bond donors (Lipinski definition) is 1. The number of fused-ring (bicyclic) bond motifs is 1. The molecule has 0 aromatic heterocycles. The Morgan fingerprint density at radius 2 is 1.76 bits per heavy atom. The minimum atomic E-state index is -4.63. The molecule has 0 radical (unpaired) electrons. The van der Waals surface area contributed by atoms with Gasteiger partial charge in [-0.25, -0.2) is 0 Å². The van der Waals surface area contributed by atoms with Gasteiger partial charge in [0.05, 0.1) is 28.9 Å². The summed E-state index contributed by atoms with van der Waals surface area (Å²) in [6.45, 7) is 3.78. The largest absolute Gasteiger partial charge is 0.490 e. The fraction of sp³-hybridized carbons (Fsp3) is 0.462. The molecule has 38 heavy (non-hydrogen) atoms. The highest BCUT2D eigenvalue weighted by Gasteiger charge is 2.48. The molecule has 2 aromatic rings. The first kappa shape index (κ1) is 26.3. The van der Waals surface area contributed by atoms with Gasteiger partial charge < -0.3 is 24.2 Å². The van der Waals surface area contributed by atoms with Crippen LogP contribution in [0.3, 0.4) is 0 Å². The van der Waals surface area contributed by atoms with Gasteiger partial charge in [0.1, 0.15) is 30.8 Å². The lowest BCUT2D eigenvalue weighted by atomic mass is 9.94. The normalized spacial score (nSPS) is 21.9. The second kappa shape index (κ2) is 10.4. The van der Waals surface area contributed by atoms with Crippen molar-refractivity contribution < 1.29 is 37.3 Å². The third kappa shape index (κ3) is 5.43. The Balaban J connectivity index is 1.22. The monoisotopic (exact) mass is 553 g/mol. The smallest absolute Gasteiger partial charge is 0.431 e. The van der Waals surface area contributed by atoms with Crippen LogP contribution in [0.25, 0.3) is 0 Å². The number of hydrazone groups is 1. The van der Waals surface area contributed by atoms with Gasteiger partial charge >= 0.3 is 12.1 Å². The van der Waals surface area contributed by atoms with E-state index in [1.807, 2.05) is 6.07 Å². The highest BCUT2D eigenvalue weighted by Crippen LogP contribution is 2.41. The molecule has 12 heteroatoms. The van der Waals surface area contributed by atoms with Gasteiger partial charge in [0.2, 0.25) is 0 Å². The van der Waals surface area contributed by atoms with Crippen molar-refractivity contribution in [2.75, 3.05) is 36.2 Å². The van der Waals surface area contributed by atoms with Crippen LogP contribution in [0.2, 0.25) is 5.02 Å². The molecule has 1 fully saturated rings. The van der Waals surface area contributed by atoms with Gasteiger partial charge in [0.15, 0.2) is 11.5 Å². The molecular weight excluding hydrogens is 527 g/mol. The number of alkyl halides is 3. The number of hydrogen-bond acceptors (Lipinski definition) is 7. The van der Waals surface area contributed by atoms with E-state index in [1.165, 1.54) is 6.92 Å². The molecule has 8 nitrogen and oxygen atoms in total. The van der Waals surface area contributed by atoms with Gasteiger partial charge in [-0.3, -0.25) is 9.80 Å². The van der Waals surface area contributed by atoms with Crippen molar-refractivity contribution in [1.82, 2.24) is 0 Å². The second-order valence-corrected chi connectivity index (χ2v) is 9.93. The molecule has 0 spiro atoms. The number of ether oxygens (including phenoxy) is 3. The first-order valence-electron chi connectivity index (χ1n) is 12.4. The first-order valence-corrected chi connectivity index (χ1v) is 12.8. The van der Waals surface area contributed by atoms with Crippen LogP contribution in [0.1, 0.15) is 26.2 Å². The van der Waals surface area contributed by atoms with Crippen LogP contribution in [-0.2, 0) is 4.79 Å². The summed E-state index contributed by atoms with van der Waals surface area (Å²) < 4.78 is 57.7. The van der Waals surface area contributed by atoms with E-state index in [4.69, 9.17) is 25.8 Å². The SMILES string of the molecule is C[C@@H]1C(C(F)(F)F)=NN(c2ccc(OC3CCN(c4cc5c(cc4Cl)OCCO5)CC3)cc2)[C@H]1CC(=O)O. The zero-order valence-electron chi connectivity index (χ0n) is 20.6. The summed E-state index contributed by atoms with van der Waals surface area (Å²) in [5.41, 5.74) is 0.278. The van der Waals surface area contributed by atoms with Gasteiger partial charge in [-0.15, -0.1) is 0 Å². The molecule has 204 valence electrons. The van der Waals surface area contributed by atoms with Crippen LogP contribution >= 0.6 is 11.6 Å². The van der Waals surface area contributed by atoms with E-state index in [-0.39, 0.29) is 6.10 Å². The summed E-state index contributed by atoms with van der Waals surface area (Å²) in [7, 11) is 0. The third-order valence-corrected chi connectivity index (χ3v) is 7.31. The maximum Gasteiger partial charge on any atom is 0.431 e. The number of halogens is 4. The number of carboxylic acids is 1. The Morgan fingerprint density at radius 1 is 1.13 bits per heavy atom. The van der Waals surface area contributed by atoms with E-state index in [1.54, 1.807) is 30.3 Å². The van der Waals surface area contributed by atoms with E-state index in [9.17, 15) is 23.1 Å². The standard InChI is InChI=1S/C26H27ClF3N3O5/c1-15-20(14-24(34)35)33(31-25(15)26(28,29)30)16-2-4-17(5-3-16)38-18-6-8-32(9-7-18)21-13-23-22(12-19(21)27)36-10-11-37-23/h2-5,12-13,15,18,20H,6-11,14H2,1H3,(H,34,35)/t15-,20-/m0/s1. The summed E-state index contributed by atoms with van der Waals surface area (Å²) in [6.07, 6.45) is -3.65. The molecule has 2 atom stereocenters. The van der Waals surface area contributed by atoms with E-state index < -0.39 is 36.2 Å². The number of nitrogens with zero attached hydrogens (tertiary/aromatic N) is 3. The number of piperidine rings is 1. The summed E-state index contributed by atoms with van der Waals surface area (Å²) in [5, 5.41) is 14.7. The average Bonchev–Trinajstić information content (AvgIpc) is 3.20. The summed E-state index contributed by atoms with van der Waals surface area (Å²) in [4.78, 5) is 13.5. The molecule has 0 aliphatic carbocycles. The molecule has 2 aromatic carbocycles. The van der Waals surface area contributed by atoms with E-state index >= 15 is 0 Å². The lowest BCUT2D eigenvalue weighted by Crippen LogP contribution is -2.38. The second-order valence-electron chi connectivity index (χ2n) is 9.53. The van der Waals surface area contributed by atoms with E-state index in [2.05, 4.69) is 10.0 Å². The van der Waals surface area contributed by atoms with Gasteiger partial charge in [-0.2, -0.15) is 18.3 Å². The predicted molar refractivity (Wildman–Crippen MR) is 136 cm³/mol. The van der Waals surface area contributed by atoms with E-state index in [0.29, 0.717) is 41.2 Å². The van der Waals surface area contributed by atoms with Crippen molar-refractivity contribution in [3.8, 4) is 17.2 Å². The summed E-state index contributed by atoms with van der Waals surface area (Å²) >= 11 is 6.49. The quantitative estimate of drug-likeness (QED) is 0.514. The molecule has 0 saturated carbocycles. The summed E-state index contributed by atoms with van der Waals surface area (Å²) in [6, 6.07) is 9.28. The van der Waals surface area contributed by atoms with E-state index in [0.717, 1.165) is 36.6 Å². The first-order chi connectivity index (χ1) is 18.1. The zero-order chi connectivity index (χ0) is 27.0. The molecule has 0 unspecified atom stereocenters. The minimum absolute atomic E-state index is 0.0468. The molecule has 1 N–H and O–H groups in total. The van der Waals surface area contributed by atoms with Crippen LogP contribution in [0.4, 0.5) is 24.5 Å². The number of anilines is 2. The van der Waals surface area contributed by atoms with Gasteiger partial charge in [0, 0.05) is 44.0 Å². The van der Waals surface area contributed by atoms with Crippen molar-refractivity contribution in [2.24, 2.45) is 11.0 Å². The van der Waals surface area contributed by atoms with Crippen molar-refractivity contribution in [1.29, 1.82) is 0 Å². The number of carbonyl (C=O) groups is 1.